The first-order valence-electron chi connectivity index (χ1n) is 7.83. The summed E-state index contributed by atoms with van der Waals surface area (Å²) in [5, 5.41) is 7.59. The van der Waals surface area contributed by atoms with Crippen LogP contribution in [0.3, 0.4) is 0 Å². The number of aliphatic imine (C=N–C) groups is 1. The molecule has 0 unspecified atom stereocenters. The van der Waals surface area contributed by atoms with Gasteiger partial charge in [-0.3, -0.25) is 4.99 Å². The standard InChI is InChI=1S/C18H24N4.HI/c1-4-11-20-18(19-6-3)21-12-10-15-13-22-17-14(5-2)8-7-9-16(15)17;/h1,7-9,13,22H,5-6,10-12H2,2-3H3,(H2,19,20,21);1H. The van der Waals surface area contributed by atoms with Gasteiger partial charge in [-0.25, -0.2) is 0 Å². The van der Waals surface area contributed by atoms with Crippen molar-refractivity contribution in [3.05, 3.63) is 35.5 Å². The van der Waals surface area contributed by atoms with Gasteiger partial charge in [0.15, 0.2) is 5.96 Å². The molecule has 2 aromatic rings. The number of hydrogen-bond donors (Lipinski definition) is 3. The molecule has 0 aliphatic carbocycles. The van der Waals surface area contributed by atoms with Crippen molar-refractivity contribution in [3.63, 3.8) is 0 Å². The van der Waals surface area contributed by atoms with Crippen LogP contribution in [0.2, 0.25) is 0 Å². The van der Waals surface area contributed by atoms with E-state index in [4.69, 9.17) is 6.42 Å². The van der Waals surface area contributed by atoms with Crippen molar-refractivity contribution in [2.45, 2.75) is 26.7 Å². The van der Waals surface area contributed by atoms with E-state index < -0.39 is 0 Å². The molecule has 1 heterocycles. The molecule has 1 aromatic heterocycles. The van der Waals surface area contributed by atoms with Gasteiger partial charge in [0.2, 0.25) is 0 Å². The minimum atomic E-state index is 0. The number of aromatic amines is 1. The van der Waals surface area contributed by atoms with Crippen molar-refractivity contribution in [2.75, 3.05) is 19.6 Å². The molecule has 0 aliphatic heterocycles. The first kappa shape index (κ1) is 19.4. The Labute approximate surface area is 155 Å². The normalized spacial score (nSPS) is 10.9. The van der Waals surface area contributed by atoms with Crippen LogP contribution in [0.1, 0.15) is 25.0 Å². The van der Waals surface area contributed by atoms with E-state index >= 15 is 0 Å². The molecule has 0 spiro atoms. The van der Waals surface area contributed by atoms with Crippen LogP contribution >= 0.6 is 24.0 Å². The van der Waals surface area contributed by atoms with Crippen LogP contribution < -0.4 is 10.6 Å². The van der Waals surface area contributed by atoms with Crippen molar-refractivity contribution in [1.29, 1.82) is 0 Å². The molecular weight excluding hydrogens is 399 g/mol. The van der Waals surface area contributed by atoms with Crippen LogP contribution in [0.15, 0.2) is 29.4 Å². The average Bonchev–Trinajstić information content (AvgIpc) is 2.96. The average molecular weight is 424 g/mol. The molecule has 0 fully saturated rings. The van der Waals surface area contributed by atoms with Crippen LogP contribution in [0, 0.1) is 12.3 Å². The van der Waals surface area contributed by atoms with Gasteiger partial charge in [0.1, 0.15) is 0 Å². The summed E-state index contributed by atoms with van der Waals surface area (Å²) in [7, 11) is 0. The first-order valence-corrected chi connectivity index (χ1v) is 7.83. The molecule has 0 saturated carbocycles. The Bertz CT molecular complexity index is 682. The maximum Gasteiger partial charge on any atom is 0.192 e. The molecule has 3 N–H and O–H groups in total. The number of fused-ring (bicyclic) bond motifs is 1. The Morgan fingerprint density at radius 2 is 2.09 bits per heavy atom. The molecule has 0 aliphatic rings. The number of hydrogen-bond acceptors (Lipinski definition) is 1. The summed E-state index contributed by atoms with van der Waals surface area (Å²) in [4.78, 5) is 7.96. The number of aromatic nitrogens is 1. The second kappa shape index (κ2) is 10.2. The summed E-state index contributed by atoms with van der Waals surface area (Å²) in [6, 6.07) is 6.47. The quantitative estimate of drug-likeness (QED) is 0.289. The number of benzene rings is 1. The van der Waals surface area contributed by atoms with Gasteiger partial charge in [-0.05, 0) is 30.9 Å². The summed E-state index contributed by atoms with van der Waals surface area (Å²) in [6.07, 6.45) is 9.31. The Balaban J connectivity index is 0.00000264. The topological polar surface area (TPSA) is 52.2 Å². The van der Waals surface area contributed by atoms with Crippen LogP contribution in [0.25, 0.3) is 10.9 Å². The molecule has 0 saturated heterocycles. The third-order valence-electron chi connectivity index (χ3n) is 3.62. The van der Waals surface area contributed by atoms with Gasteiger partial charge >= 0.3 is 0 Å². The number of H-pyrrole nitrogens is 1. The molecule has 1 aromatic carbocycles. The van der Waals surface area contributed by atoms with Crippen molar-refractivity contribution < 1.29 is 0 Å². The molecule has 0 amide bonds. The number of aryl methyl sites for hydroxylation is 1. The Kier molecular flexibility index (Phi) is 8.56. The Morgan fingerprint density at radius 3 is 2.78 bits per heavy atom. The zero-order valence-electron chi connectivity index (χ0n) is 13.8. The van der Waals surface area contributed by atoms with Gasteiger partial charge in [0.05, 0.1) is 6.54 Å². The lowest BCUT2D eigenvalue weighted by Crippen LogP contribution is -2.37. The lowest BCUT2D eigenvalue weighted by atomic mass is 10.1. The highest BCUT2D eigenvalue weighted by Crippen LogP contribution is 2.22. The van der Waals surface area contributed by atoms with Crippen LogP contribution in [-0.2, 0) is 12.8 Å². The monoisotopic (exact) mass is 424 g/mol. The maximum atomic E-state index is 5.27. The summed E-state index contributed by atoms with van der Waals surface area (Å²) < 4.78 is 0. The second-order valence-electron chi connectivity index (χ2n) is 5.08. The molecule has 124 valence electrons. The van der Waals surface area contributed by atoms with E-state index in [0.29, 0.717) is 6.54 Å². The number of terminal acetylenes is 1. The van der Waals surface area contributed by atoms with Crippen LogP contribution in [0.4, 0.5) is 0 Å². The molecule has 0 atom stereocenters. The van der Waals surface area contributed by atoms with E-state index in [0.717, 1.165) is 31.9 Å². The minimum absolute atomic E-state index is 0. The van der Waals surface area contributed by atoms with Crippen molar-refractivity contribution in [1.82, 2.24) is 15.6 Å². The van der Waals surface area contributed by atoms with Crippen molar-refractivity contribution in [2.24, 2.45) is 4.99 Å². The summed E-state index contributed by atoms with van der Waals surface area (Å²) in [5.74, 6) is 3.33. The van der Waals surface area contributed by atoms with Crippen LogP contribution in [-0.4, -0.2) is 30.6 Å². The van der Waals surface area contributed by atoms with E-state index in [-0.39, 0.29) is 24.0 Å². The fraction of sp³-hybridized carbons (Fsp3) is 0.389. The zero-order valence-corrected chi connectivity index (χ0v) is 16.1. The fourth-order valence-electron chi connectivity index (χ4n) is 2.54. The smallest absolute Gasteiger partial charge is 0.192 e. The Morgan fingerprint density at radius 1 is 1.26 bits per heavy atom. The summed E-state index contributed by atoms with van der Waals surface area (Å²) in [5.41, 5.74) is 3.92. The molecule has 2 rings (SSSR count). The van der Waals surface area contributed by atoms with E-state index in [1.807, 2.05) is 6.92 Å². The largest absolute Gasteiger partial charge is 0.361 e. The maximum absolute atomic E-state index is 5.27. The highest BCUT2D eigenvalue weighted by molar-refractivity contribution is 14.0. The van der Waals surface area contributed by atoms with Gasteiger partial charge in [0.25, 0.3) is 0 Å². The van der Waals surface area contributed by atoms with E-state index in [1.54, 1.807) is 0 Å². The molecule has 4 nitrogen and oxygen atoms in total. The predicted octanol–water partition coefficient (Wildman–Crippen LogP) is 3.08. The van der Waals surface area contributed by atoms with Gasteiger partial charge in [-0.1, -0.05) is 31.0 Å². The lowest BCUT2D eigenvalue weighted by molar-refractivity contribution is 0.857. The lowest BCUT2D eigenvalue weighted by Gasteiger charge is -2.08. The SMILES string of the molecule is C#CCNC(=NCCc1c[nH]c2c(CC)cccc12)NCC.I. The van der Waals surface area contributed by atoms with Gasteiger partial charge in [-0.2, -0.15) is 0 Å². The van der Waals surface area contributed by atoms with Crippen LogP contribution in [0.5, 0.6) is 0 Å². The number of nitrogens with one attached hydrogen (secondary N) is 3. The second-order valence-corrected chi connectivity index (χ2v) is 5.08. The number of guanidine groups is 1. The van der Waals surface area contributed by atoms with Crippen molar-refractivity contribution >= 4 is 40.8 Å². The summed E-state index contributed by atoms with van der Waals surface area (Å²) in [6.45, 7) is 6.25. The highest BCUT2D eigenvalue weighted by Gasteiger charge is 2.06. The first-order chi connectivity index (χ1) is 10.8. The Hall–Kier alpha value is -1.68. The fourth-order valence-corrected chi connectivity index (χ4v) is 2.54. The van der Waals surface area contributed by atoms with E-state index in [1.165, 1.54) is 22.0 Å². The molecule has 5 heteroatoms. The zero-order chi connectivity index (χ0) is 15.8. The third kappa shape index (κ3) is 5.17. The van der Waals surface area contributed by atoms with Gasteiger partial charge in [-0.15, -0.1) is 30.4 Å². The highest BCUT2D eigenvalue weighted by atomic mass is 127. The number of halogens is 1. The number of nitrogens with zero attached hydrogens (tertiary/aromatic N) is 1. The minimum Gasteiger partial charge on any atom is -0.361 e. The van der Waals surface area contributed by atoms with Gasteiger partial charge < -0.3 is 15.6 Å². The summed E-state index contributed by atoms with van der Waals surface area (Å²) >= 11 is 0. The molecule has 0 radical (unpaired) electrons. The number of rotatable bonds is 6. The van der Waals surface area contributed by atoms with E-state index in [9.17, 15) is 0 Å². The van der Waals surface area contributed by atoms with Crippen molar-refractivity contribution in [3.8, 4) is 12.3 Å². The number of para-hydroxylation sites is 1. The van der Waals surface area contributed by atoms with E-state index in [2.05, 4.69) is 57.9 Å². The molecule has 0 bridgehead atoms. The van der Waals surface area contributed by atoms with Gasteiger partial charge in [0, 0.05) is 30.2 Å². The molecule has 23 heavy (non-hydrogen) atoms. The predicted molar refractivity (Wildman–Crippen MR) is 110 cm³/mol. The molecular formula is C18H25IN4. The third-order valence-corrected chi connectivity index (χ3v) is 3.62.